The molecule has 0 spiro atoms. The van der Waals surface area contributed by atoms with E-state index in [-0.39, 0.29) is 5.82 Å². The van der Waals surface area contributed by atoms with Crippen LogP contribution in [0.5, 0.6) is 5.75 Å². The van der Waals surface area contributed by atoms with E-state index in [9.17, 15) is 4.39 Å². The van der Waals surface area contributed by atoms with Gasteiger partial charge in [0.2, 0.25) is 0 Å². The molecule has 2 aromatic rings. The fraction of sp³-hybridized carbons (Fsp3) is 0.167. The van der Waals surface area contributed by atoms with Crippen LogP contribution in [0.25, 0.3) is 10.8 Å². The molecule has 0 N–H and O–H groups in total. The van der Waals surface area contributed by atoms with Crippen LogP contribution in [0.2, 0.25) is 13.1 Å². The van der Waals surface area contributed by atoms with Crippen molar-refractivity contribution in [3.8, 4) is 5.75 Å². The molecule has 0 fully saturated rings. The molecule has 0 aliphatic carbocycles. The largest absolute Gasteiger partial charge is 0.542 e. The first-order valence-corrected chi connectivity index (χ1v) is 7.24. The maximum atomic E-state index is 13.5. The molecular formula is C12H12FOSi. The fourth-order valence-electron chi connectivity index (χ4n) is 1.54. The third-order valence-electron chi connectivity index (χ3n) is 2.14. The van der Waals surface area contributed by atoms with E-state index in [4.69, 9.17) is 4.43 Å². The third kappa shape index (κ3) is 2.02. The summed E-state index contributed by atoms with van der Waals surface area (Å²) in [5, 5.41) is 1.47. The molecule has 1 nitrogen and oxygen atoms in total. The van der Waals surface area contributed by atoms with Crippen molar-refractivity contribution in [3.63, 3.8) is 0 Å². The number of rotatable bonds is 2. The predicted molar refractivity (Wildman–Crippen MR) is 62.0 cm³/mol. The van der Waals surface area contributed by atoms with Crippen molar-refractivity contribution in [3.05, 3.63) is 42.2 Å². The molecule has 15 heavy (non-hydrogen) atoms. The van der Waals surface area contributed by atoms with Crippen LogP contribution in [0.15, 0.2) is 36.4 Å². The second-order valence-corrected chi connectivity index (χ2v) is 5.62. The molecular weight excluding hydrogens is 207 g/mol. The molecule has 2 rings (SSSR count). The Morgan fingerprint density at radius 3 is 2.33 bits per heavy atom. The summed E-state index contributed by atoms with van der Waals surface area (Å²) >= 11 is 0. The van der Waals surface area contributed by atoms with E-state index in [1.54, 1.807) is 12.1 Å². The van der Waals surface area contributed by atoms with E-state index >= 15 is 0 Å². The molecule has 0 amide bonds. The second-order valence-electron chi connectivity index (χ2n) is 3.60. The predicted octanol–water partition coefficient (Wildman–Crippen LogP) is 3.61. The molecule has 0 aliphatic rings. The molecule has 0 aliphatic heterocycles. The zero-order chi connectivity index (χ0) is 10.8. The fourth-order valence-corrected chi connectivity index (χ4v) is 2.16. The molecule has 77 valence electrons. The summed E-state index contributed by atoms with van der Waals surface area (Å²) in [5.74, 6) is 0.588. The van der Waals surface area contributed by atoms with Gasteiger partial charge >= 0.3 is 0 Å². The van der Waals surface area contributed by atoms with Crippen molar-refractivity contribution in [2.75, 3.05) is 0 Å². The van der Waals surface area contributed by atoms with Crippen LogP contribution in [0, 0.1) is 5.82 Å². The lowest BCUT2D eigenvalue weighted by molar-refractivity contribution is 0.583. The summed E-state index contributed by atoms with van der Waals surface area (Å²) in [4.78, 5) is 0. The van der Waals surface area contributed by atoms with Crippen molar-refractivity contribution >= 4 is 19.8 Å². The van der Waals surface area contributed by atoms with Gasteiger partial charge in [-0.3, -0.25) is 0 Å². The minimum atomic E-state index is -0.812. The molecule has 2 aromatic carbocycles. The number of hydrogen-bond acceptors (Lipinski definition) is 1. The van der Waals surface area contributed by atoms with Gasteiger partial charge in [0.1, 0.15) is 11.6 Å². The molecule has 3 heteroatoms. The van der Waals surface area contributed by atoms with Gasteiger partial charge in [0.25, 0.3) is 9.04 Å². The molecule has 1 radical (unpaired) electrons. The molecule has 0 atom stereocenters. The summed E-state index contributed by atoms with van der Waals surface area (Å²) < 4.78 is 19.2. The zero-order valence-electron chi connectivity index (χ0n) is 8.75. The van der Waals surface area contributed by atoms with Crippen LogP contribution >= 0.6 is 0 Å². The van der Waals surface area contributed by atoms with Gasteiger partial charge in [0.05, 0.1) is 0 Å². The van der Waals surface area contributed by atoms with Crippen LogP contribution in [0.3, 0.4) is 0 Å². The standard InChI is InChI=1S/C12H12FOSi/c1-15(2)14-12-8-7-11(13)9-5-3-4-6-10(9)12/h3-8H,1-2H3. The zero-order valence-corrected chi connectivity index (χ0v) is 9.75. The number of fused-ring (bicyclic) bond motifs is 1. The molecule has 0 heterocycles. The maximum absolute atomic E-state index is 13.5. The van der Waals surface area contributed by atoms with Crippen molar-refractivity contribution in [1.82, 2.24) is 0 Å². The van der Waals surface area contributed by atoms with Gasteiger partial charge in [-0.05, 0) is 25.2 Å². The van der Waals surface area contributed by atoms with Crippen molar-refractivity contribution < 1.29 is 8.82 Å². The smallest absolute Gasteiger partial charge is 0.274 e. The summed E-state index contributed by atoms with van der Waals surface area (Å²) in [5.41, 5.74) is 0. The minimum absolute atomic E-state index is 0.195. The Morgan fingerprint density at radius 1 is 1.00 bits per heavy atom. The van der Waals surface area contributed by atoms with E-state index in [1.165, 1.54) is 6.07 Å². The highest BCUT2D eigenvalue weighted by Gasteiger charge is 2.07. The summed E-state index contributed by atoms with van der Waals surface area (Å²) in [7, 11) is -0.812. The van der Waals surface area contributed by atoms with Crippen LogP contribution in [-0.4, -0.2) is 9.04 Å². The SMILES string of the molecule is C[Si](C)Oc1ccc(F)c2ccccc12. The first kappa shape index (κ1) is 10.2. The number of halogens is 1. The maximum Gasteiger partial charge on any atom is 0.274 e. The number of benzene rings is 2. The van der Waals surface area contributed by atoms with Crippen molar-refractivity contribution in [1.29, 1.82) is 0 Å². The lowest BCUT2D eigenvalue weighted by Gasteiger charge is -2.11. The second kappa shape index (κ2) is 4.02. The average molecular weight is 219 g/mol. The van der Waals surface area contributed by atoms with Gasteiger partial charge < -0.3 is 4.43 Å². The highest BCUT2D eigenvalue weighted by molar-refractivity contribution is 6.49. The molecule has 0 bridgehead atoms. The summed E-state index contributed by atoms with van der Waals surface area (Å²) in [6.45, 7) is 4.12. The minimum Gasteiger partial charge on any atom is -0.542 e. The number of hydrogen-bond donors (Lipinski definition) is 0. The van der Waals surface area contributed by atoms with Gasteiger partial charge in [0, 0.05) is 10.8 Å². The first-order chi connectivity index (χ1) is 7.18. The Morgan fingerprint density at radius 2 is 1.67 bits per heavy atom. The summed E-state index contributed by atoms with van der Waals surface area (Å²) in [6.07, 6.45) is 0. The van der Waals surface area contributed by atoms with Crippen LogP contribution in [0.1, 0.15) is 0 Å². The van der Waals surface area contributed by atoms with Crippen molar-refractivity contribution in [2.24, 2.45) is 0 Å². The third-order valence-corrected chi connectivity index (χ3v) is 2.77. The Balaban J connectivity index is 2.61. The Labute approximate surface area is 90.2 Å². The average Bonchev–Trinajstić information content (AvgIpc) is 2.22. The molecule has 0 saturated carbocycles. The van der Waals surface area contributed by atoms with Crippen molar-refractivity contribution in [2.45, 2.75) is 13.1 Å². The van der Waals surface area contributed by atoms with E-state index in [2.05, 4.69) is 13.1 Å². The van der Waals surface area contributed by atoms with E-state index < -0.39 is 9.04 Å². The normalized spacial score (nSPS) is 10.9. The molecule has 0 saturated heterocycles. The highest BCUT2D eigenvalue weighted by atomic mass is 28.3. The van der Waals surface area contributed by atoms with Gasteiger partial charge in [-0.2, -0.15) is 0 Å². The van der Waals surface area contributed by atoms with Gasteiger partial charge in [-0.1, -0.05) is 24.3 Å². The monoisotopic (exact) mass is 219 g/mol. The first-order valence-electron chi connectivity index (χ1n) is 4.84. The lowest BCUT2D eigenvalue weighted by atomic mass is 10.1. The lowest BCUT2D eigenvalue weighted by Crippen LogP contribution is -2.11. The molecule has 0 unspecified atom stereocenters. The topological polar surface area (TPSA) is 9.23 Å². The van der Waals surface area contributed by atoms with Crippen LogP contribution in [-0.2, 0) is 0 Å². The van der Waals surface area contributed by atoms with Gasteiger partial charge in [0.15, 0.2) is 0 Å². The van der Waals surface area contributed by atoms with E-state index in [0.29, 0.717) is 5.39 Å². The van der Waals surface area contributed by atoms with Gasteiger partial charge in [-0.15, -0.1) is 0 Å². The van der Waals surface area contributed by atoms with Gasteiger partial charge in [-0.25, -0.2) is 4.39 Å². The van der Waals surface area contributed by atoms with E-state index in [0.717, 1.165) is 11.1 Å². The Bertz CT molecular complexity index is 482. The van der Waals surface area contributed by atoms with Crippen LogP contribution < -0.4 is 4.43 Å². The highest BCUT2D eigenvalue weighted by Crippen LogP contribution is 2.27. The van der Waals surface area contributed by atoms with E-state index in [1.807, 2.05) is 18.2 Å². The summed E-state index contributed by atoms with van der Waals surface area (Å²) in [6, 6.07) is 10.6. The Kier molecular flexibility index (Phi) is 2.73. The quantitative estimate of drug-likeness (QED) is 0.701. The van der Waals surface area contributed by atoms with Crippen LogP contribution in [0.4, 0.5) is 4.39 Å². The molecule has 0 aromatic heterocycles. The Hall–Kier alpha value is -1.35.